The van der Waals surface area contributed by atoms with Gasteiger partial charge in [-0.05, 0) is 241 Å². The Bertz CT molecular complexity index is 5500. The molecule has 576 valence electrons. The zero-order valence-corrected chi connectivity index (χ0v) is 71.6. The summed E-state index contributed by atoms with van der Waals surface area (Å²) in [5, 5.41) is 0.896. The molecule has 4 aromatic carbocycles. The maximum absolute atomic E-state index is 13.6. The summed E-state index contributed by atoms with van der Waals surface area (Å²) < 4.78 is 0. The Morgan fingerprint density at radius 3 is 0.667 bits per heavy atom. The van der Waals surface area contributed by atoms with Crippen molar-refractivity contribution in [2.24, 2.45) is 0 Å². The highest BCUT2D eigenvalue weighted by atomic mass is 32.1. The number of rotatable bonds is 0. The lowest BCUT2D eigenvalue weighted by Gasteiger charge is -2.34. The number of hydrogen-bond donors (Lipinski definition) is 0. The summed E-state index contributed by atoms with van der Waals surface area (Å²) in [7, 11) is 15.1. The van der Waals surface area contributed by atoms with E-state index in [0.29, 0.717) is 99.8 Å². The summed E-state index contributed by atoms with van der Waals surface area (Å²) in [5.41, 5.74) is 29.5. The summed E-state index contributed by atoms with van der Waals surface area (Å²) >= 11 is 4.73. The highest BCUT2D eigenvalue weighted by molar-refractivity contribution is 7.16. The minimum absolute atomic E-state index is 0.0762. The van der Waals surface area contributed by atoms with Gasteiger partial charge in [-0.25, -0.2) is 0 Å². The number of likely N-dealkylation sites (N-methyl/N-ethyl adjacent to an activating group) is 6. The fraction of sp³-hybridized carbons (Fsp3) is 0.356. The van der Waals surface area contributed by atoms with Crippen molar-refractivity contribution in [2.75, 3.05) is 83.0 Å². The molecule has 0 fully saturated rings. The Hall–Kier alpha value is -10.8. The monoisotopic (exact) mass is 1550 g/mol. The molecular weight excluding hydrogens is 1460 g/mol. The van der Waals surface area contributed by atoms with Crippen molar-refractivity contribution in [3.8, 4) is 0 Å². The molecule has 12 amide bonds. The molecule has 9 aliphatic rings. The van der Waals surface area contributed by atoms with Gasteiger partial charge >= 0.3 is 0 Å². The van der Waals surface area contributed by atoms with Crippen molar-refractivity contribution in [3.63, 3.8) is 0 Å². The van der Waals surface area contributed by atoms with Gasteiger partial charge in [-0.15, -0.1) is 34.0 Å². The maximum Gasteiger partial charge on any atom is 0.262 e. The number of aryl methyl sites for hydroxylation is 4. The van der Waals surface area contributed by atoms with Gasteiger partial charge in [0.15, 0.2) is 0 Å². The van der Waals surface area contributed by atoms with Crippen LogP contribution in [-0.2, 0) is 28.8 Å². The lowest BCUT2D eigenvalue weighted by molar-refractivity contribution is -0.125. The van der Waals surface area contributed by atoms with Crippen molar-refractivity contribution in [3.05, 3.63) is 185 Å². The second kappa shape index (κ2) is 27.3. The van der Waals surface area contributed by atoms with Gasteiger partial charge < -0.3 is 29.4 Å². The Labute approximate surface area is 659 Å². The summed E-state index contributed by atoms with van der Waals surface area (Å²) in [6, 6.07) is 0. The maximum atomic E-state index is 13.6. The molecule has 21 nitrogen and oxygen atoms in total. The molecule has 7 aromatic rings. The lowest BCUT2D eigenvalue weighted by atomic mass is 9.78. The van der Waals surface area contributed by atoms with Crippen molar-refractivity contribution >= 4 is 161 Å². The number of hydrogen-bond acceptors (Lipinski definition) is 15. The molecule has 3 aromatic heterocycles. The molecule has 0 atom stereocenters. The van der Waals surface area contributed by atoms with Crippen LogP contribution in [-0.4, -0.2) is 159 Å². The first-order valence-corrected chi connectivity index (χ1v) is 38.9. The highest BCUT2D eigenvalue weighted by Crippen LogP contribution is 2.56. The van der Waals surface area contributed by atoms with Crippen LogP contribution in [0, 0.1) is 125 Å². The molecule has 9 aliphatic heterocycles. The summed E-state index contributed by atoms with van der Waals surface area (Å²) in [6.07, 6.45) is 0. The van der Waals surface area contributed by atoms with Crippen molar-refractivity contribution in [2.45, 2.75) is 152 Å². The Morgan fingerprint density at radius 2 is 0.405 bits per heavy atom. The van der Waals surface area contributed by atoms with Crippen LogP contribution in [0.25, 0.3) is 33.1 Å². The van der Waals surface area contributed by atoms with Gasteiger partial charge in [-0.3, -0.25) is 72.2 Å². The molecule has 0 bridgehead atoms. The third-order valence-electron chi connectivity index (χ3n) is 25.3. The topological polar surface area (TPSA) is 234 Å². The minimum atomic E-state index is -0.400. The van der Waals surface area contributed by atoms with Crippen LogP contribution in [0.3, 0.4) is 0 Å². The number of carbonyl (C=O) groups excluding carboxylic acids is 12. The van der Waals surface area contributed by atoms with E-state index >= 15 is 0 Å². The quantitative estimate of drug-likeness (QED) is 0.102. The Balaban J connectivity index is 0.000000132. The normalized spacial score (nSPS) is 18.8. The minimum Gasteiger partial charge on any atom is -0.315 e. The van der Waals surface area contributed by atoms with Gasteiger partial charge in [-0.1, -0.05) is 0 Å². The molecule has 111 heavy (non-hydrogen) atoms. The third kappa shape index (κ3) is 10.9. The predicted octanol–water partition coefficient (Wildman–Crippen LogP) is 14.9. The Morgan fingerprint density at radius 1 is 0.180 bits per heavy atom. The number of carbonyl (C=O) groups is 12. The number of allylic oxidation sites excluding steroid dienone is 2. The summed E-state index contributed by atoms with van der Waals surface area (Å²) in [4.78, 5) is 172. The predicted molar refractivity (Wildman–Crippen MR) is 441 cm³/mol. The van der Waals surface area contributed by atoms with Crippen LogP contribution < -0.4 is 19.6 Å². The van der Waals surface area contributed by atoms with Crippen molar-refractivity contribution in [1.29, 1.82) is 0 Å². The fourth-order valence-electron chi connectivity index (χ4n) is 17.0. The van der Waals surface area contributed by atoms with Gasteiger partial charge in [0.2, 0.25) is 0 Å². The van der Waals surface area contributed by atoms with E-state index in [1.54, 1.807) is 108 Å². The molecule has 0 aliphatic carbocycles. The van der Waals surface area contributed by atoms with E-state index in [0.717, 1.165) is 119 Å². The van der Waals surface area contributed by atoms with E-state index in [1.165, 1.54) is 69.4 Å². The van der Waals surface area contributed by atoms with Crippen LogP contribution in [0.4, 0.5) is 22.7 Å². The van der Waals surface area contributed by atoms with E-state index in [4.69, 9.17) is 0 Å². The van der Waals surface area contributed by atoms with Gasteiger partial charge in [-0.2, -0.15) is 0 Å². The summed E-state index contributed by atoms with van der Waals surface area (Å²) in [5.74, 6) is -2.45. The molecule has 0 saturated carbocycles. The van der Waals surface area contributed by atoms with Gasteiger partial charge in [0.1, 0.15) is 0 Å². The van der Waals surface area contributed by atoms with E-state index < -0.39 is 23.6 Å². The van der Waals surface area contributed by atoms with Crippen LogP contribution in [0.15, 0.2) is 33.7 Å². The average Bonchev–Trinajstić information content (AvgIpc) is 1.67. The first kappa shape index (κ1) is 79.7. The fourth-order valence-corrected chi connectivity index (χ4v) is 20.5. The number of anilines is 4. The number of benzene rings is 4. The first-order chi connectivity index (χ1) is 51.6. The number of nitrogens with zero attached hydrogens (tertiary/aromatic N) is 9. The molecule has 0 spiro atoms. The van der Waals surface area contributed by atoms with Crippen molar-refractivity contribution in [1.82, 2.24) is 24.5 Å². The molecule has 0 saturated heterocycles. The standard InChI is InChI=1S/C26H30N2O2.C20H18N2O4.C18H18N2O2S2.C14H18N2O2.C9H9NO2S/c1-11-13(3)17(7)23-19(15(11)5)21(25(29)27(23)9)22-20-16(6)12(2)14(4)18(8)24(20)28(10)26(22)30;1-7-8(2)12-16-14(20(26)22(6)18(12)24)10(4)9(3)13-15(16)11(7)17(23)21(5)19(13)25;1-7-9(3)23-15-11(17(21)19(5)13(7)15)12-16-14(20(6)18(12)22)8(2)10(4)24-16;1-7-9(3)15(5)13(17)11(7)12-8(2)10(4)16(6)14(12)18;1-4-6-7(5(2)13-4)9(12)10(3)8(6)11/h1-10H3;1-6H3;1-6H3;1-6H3;1-3H3/b22-21+;;2*12-11+;. The molecule has 0 radical (unpaired) electrons. The second-order valence-corrected chi connectivity index (χ2v) is 34.3. The number of amides is 12. The van der Waals surface area contributed by atoms with E-state index in [2.05, 4.69) is 69.2 Å². The first-order valence-electron chi connectivity index (χ1n) is 36.5. The number of fused-ring (bicyclic) bond motifs is 5. The molecular formula is C87H93N9O12S3. The lowest BCUT2D eigenvalue weighted by Crippen LogP contribution is -2.42. The summed E-state index contributed by atoms with van der Waals surface area (Å²) in [6.45, 7) is 43.3. The highest BCUT2D eigenvalue weighted by Gasteiger charge is 2.48. The molecule has 0 unspecified atom stereocenters. The zero-order chi connectivity index (χ0) is 82.6. The molecule has 12 heterocycles. The van der Waals surface area contributed by atoms with Crippen LogP contribution in [0.5, 0.6) is 0 Å². The smallest absolute Gasteiger partial charge is 0.262 e. The molecule has 16 rings (SSSR count). The van der Waals surface area contributed by atoms with Gasteiger partial charge in [0.25, 0.3) is 70.9 Å². The third-order valence-corrected chi connectivity index (χ3v) is 28.7. The van der Waals surface area contributed by atoms with Crippen LogP contribution in [0.2, 0.25) is 0 Å². The SMILES string of the molecule is CC1=C(C)N(C)C(=O)/C1=C1/C(=O)N(C)C(C)=C1C.Cc1c(C)c(C)c2c(c1C)/C(=C1\C(=O)N(C)c3c(C)c(C)c(C)c(C)c31)C(=O)N2C.Cc1c(C)c2c3c(c(C)c(C)c4c3c1C(=O)N(C)C4=O)C(=O)N(C)C2=O.Cc1sc(C)c2c1C(=O)N(C)C2=O.Cc1sc2c(c1C)N(C)C(=O)/C2=C1/C(=O)N(C)c2c1sc(C)c2C. The van der Waals surface area contributed by atoms with Crippen LogP contribution >= 0.6 is 34.0 Å². The van der Waals surface area contributed by atoms with Crippen LogP contribution in [0.1, 0.15) is 208 Å². The average molecular weight is 1550 g/mol. The van der Waals surface area contributed by atoms with E-state index in [1.807, 2.05) is 69.5 Å². The second-order valence-electron chi connectivity index (χ2n) is 30.4. The van der Waals surface area contributed by atoms with E-state index in [9.17, 15) is 57.5 Å². The molecule has 24 heteroatoms. The molecule has 0 N–H and O–H groups in total. The van der Waals surface area contributed by atoms with Gasteiger partial charge in [0, 0.05) is 116 Å². The van der Waals surface area contributed by atoms with E-state index in [-0.39, 0.29) is 47.3 Å². The number of imide groups is 3. The Kier molecular flexibility index (Phi) is 19.6. The largest absolute Gasteiger partial charge is 0.315 e. The zero-order valence-electron chi connectivity index (χ0n) is 69.1. The van der Waals surface area contributed by atoms with Crippen molar-refractivity contribution < 1.29 is 57.5 Å². The number of thiophene rings is 3. The van der Waals surface area contributed by atoms with Gasteiger partial charge in [0.05, 0.1) is 99.3 Å².